The fourth-order valence-corrected chi connectivity index (χ4v) is 2.48. The Morgan fingerprint density at radius 1 is 1.39 bits per heavy atom. The van der Waals surface area contributed by atoms with Gasteiger partial charge in [-0.1, -0.05) is 12.5 Å². The van der Waals surface area contributed by atoms with E-state index in [2.05, 4.69) is 16.6 Å². The Labute approximate surface area is 106 Å². The Morgan fingerprint density at radius 2 is 2.06 bits per heavy atom. The predicted octanol–water partition coefficient (Wildman–Crippen LogP) is 2.91. The van der Waals surface area contributed by atoms with Crippen molar-refractivity contribution in [3.63, 3.8) is 0 Å². The summed E-state index contributed by atoms with van der Waals surface area (Å²) in [5.74, 6) is 0. The molecule has 0 radical (unpaired) electrons. The zero-order chi connectivity index (χ0) is 13.2. The Kier molecular flexibility index (Phi) is 3.41. The largest absolute Gasteiger partial charge is 0.289 e. The molecule has 0 unspecified atom stereocenters. The van der Waals surface area contributed by atoms with Crippen LogP contribution in [0.1, 0.15) is 39.0 Å². The normalized spacial score (nSPS) is 22.1. The molecule has 0 aromatic rings. The first-order chi connectivity index (χ1) is 8.58. The number of hydrogen-bond acceptors (Lipinski definition) is 4. The van der Waals surface area contributed by atoms with E-state index in [0.717, 1.165) is 25.7 Å². The smallest absolute Gasteiger partial charge is 0.258 e. The van der Waals surface area contributed by atoms with Gasteiger partial charge in [0, 0.05) is 0 Å². The molecule has 5 nitrogen and oxygen atoms in total. The van der Waals surface area contributed by atoms with Gasteiger partial charge < -0.3 is 0 Å². The van der Waals surface area contributed by atoms with Gasteiger partial charge in [0.15, 0.2) is 11.4 Å². The van der Waals surface area contributed by atoms with Crippen molar-refractivity contribution in [3.05, 3.63) is 34.5 Å². The molecule has 0 amide bonds. The Hall–Kier alpha value is -1.78. The molecule has 0 saturated heterocycles. The number of nitro groups is 1. The van der Waals surface area contributed by atoms with Crippen LogP contribution in [0.3, 0.4) is 0 Å². The van der Waals surface area contributed by atoms with Crippen molar-refractivity contribution >= 4 is 11.4 Å². The zero-order valence-electron chi connectivity index (χ0n) is 10.6. The van der Waals surface area contributed by atoms with Gasteiger partial charge in [0.1, 0.15) is 0 Å². The van der Waals surface area contributed by atoms with Gasteiger partial charge in [0.05, 0.1) is 10.6 Å². The van der Waals surface area contributed by atoms with Crippen molar-refractivity contribution in [2.24, 2.45) is 9.98 Å². The Morgan fingerprint density at radius 3 is 2.61 bits per heavy atom. The third-order valence-electron chi connectivity index (χ3n) is 3.36. The maximum atomic E-state index is 10.9. The van der Waals surface area contributed by atoms with E-state index < -0.39 is 10.6 Å². The molecule has 18 heavy (non-hydrogen) atoms. The van der Waals surface area contributed by atoms with Gasteiger partial charge >= 0.3 is 0 Å². The van der Waals surface area contributed by atoms with Gasteiger partial charge in [-0.3, -0.25) is 15.1 Å². The van der Waals surface area contributed by atoms with Gasteiger partial charge in [-0.05, 0) is 45.3 Å². The molecule has 5 heteroatoms. The maximum absolute atomic E-state index is 10.9. The molecule has 2 aliphatic rings. The van der Waals surface area contributed by atoms with Crippen LogP contribution in [0.2, 0.25) is 0 Å². The molecule has 0 bridgehead atoms. The van der Waals surface area contributed by atoms with Crippen LogP contribution in [-0.2, 0) is 0 Å². The third-order valence-corrected chi connectivity index (χ3v) is 3.36. The lowest BCUT2D eigenvalue weighted by Gasteiger charge is -2.27. The summed E-state index contributed by atoms with van der Waals surface area (Å²) in [7, 11) is 0. The van der Waals surface area contributed by atoms with Crippen molar-refractivity contribution < 1.29 is 4.92 Å². The van der Waals surface area contributed by atoms with Gasteiger partial charge in [0.25, 0.3) is 5.70 Å². The first kappa shape index (κ1) is 12.7. The molecule has 1 aliphatic heterocycles. The molecular formula is C13H17N3O2. The second-order valence-corrected chi connectivity index (χ2v) is 4.70. The van der Waals surface area contributed by atoms with Crippen LogP contribution in [0.25, 0.3) is 0 Å². The van der Waals surface area contributed by atoms with Crippen molar-refractivity contribution in [3.8, 4) is 0 Å². The van der Waals surface area contributed by atoms with Crippen molar-refractivity contribution in [2.45, 2.75) is 44.7 Å². The summed E-state index contributed by atoms with van der Waals surface area (Å²) < 4.78 is 0. The number of rotatable bonds is 3. The van der Waals surface area contributed by atoms with E-state index >= 15 is 0 Å². The highest BCUT2D eigenvalue weighted by Gasteiger charge is 2.39. The molecule has 2 rings (SSSR count). The molecule has 0 atom stereocenters. The third kappa shape index (κ3) is 2.25. The lowest BCUT2D eigenvalue weighted by molar-refractivity contribution is -0.414. The van der Waals surface area contributed by atoms with Crippen LogP contribution in [0.5, 0.6) is 0 Å². The minimum absolute atomic E-state index is 0.158. The average Bonchev–Trinajstić information content (AvgIpc) is 2.68. The zero-order valence-corrected chi connectivity index (χ0v) is 10.6. The Bertz CT molecular complexity index is 469. The van der Waals surface area contributed by atoms with E-state index in [0.29, 0.717) is 11.4 Å². The van der Waals surface area contributed by atoms with Gasteiger partial charge in [-0.2, -0.15) is 0 Å². The number of hydrogen-bond donors (Lipinski definition) is 0. The molecule has 0 N–H and O–H groups in total. The highest BCUT2D eigenvalue weighted by Crippen LogP contribution is 2.37. The summed E-state index contributed by atoms with van der Waals surface area (Å²) in [4.78, 5) is 19.5. The fourth-order valence-electron chi connectivity index (χ4n) is 2.48. The average molecular weight is 247 g/mol. The molecule has 1 saturated carbocycles. The minimum Gasteiger partial charge on any atom is -0.258 e. The predicted molar refractivity (Wildman–Crippen MR) is 71.6 cm³/mol. The summed E-state index contributed by atoms with van der Waals surface area (Å²) in [5, 5.41) is 10.9. The van der Waals surface area contributed by atoms with E-state index in [-0.39, 0.29) is 5.70 Å². The summed E-state index contributed by atoms with van der Waals surface area (Å²) in [6, 6.07) is 0. The first-order valence-corrected chi connectivity index (χ1v) is 6.24. The van der Waals surface area contributed by atoms with E-state index in [1.54, 1.807) is 6.08 Å². The summed E-state index contributed by atoms with van der Waals surface area (Å²) >= 11 is 0. The lowest BCUT2D eigenvalue weighted by atomic mass is 9.90. The summed E-state index contributed by atoms with van der Waals surface area (Å²) in [6.07, 6.45) is 8.70. The summed E-state index contributed by atoms with van der Waals surface area (Å²) in [5.41, 5.74) is 0.330. The Balaban J connectivity index is 2.37. The molecule has 96 valence electrons. The van der Waals surface area contributed by atoms with Crippen molar-refractivity contribution in [1.82, 2.24) is 0 Å². The van der Waals surface area contributed by atoms with Crippen molar-refractivity contribution in [1.29, 1.82) is 0 Å². The molecule has 1 aliphatic carbocycles. The second kappa shape index (κ2) is 4.84. The van der Waals surface area contributed by atoms with E-state index in [4.69, 9.17) is 0 Å². The molecule has 0 aromatic carbocycles. The molecule has 0 aromatic heterocycles. The standard InChI is InChI=1S/C13H17N3O2/c1-3-7-11-12(10(2)16(17)18)15-13(14-11)8-5-4-6-9-13/h3,7H,2,4-6,8-9H2,1H3/b7-3-. The van der Waals surface area contributed by atoms with E-state index in [9.17, 15) is 10.1 Å². The summed E-state index contributed by atoms with van der Waals surface area (Å²) in [6.45, 7) is 5.36. The SMILES string of the molecule is C=C(C1=NC2(CCCCC2)N=C1/C=C\C)[N+](=O)[O-]. The molecule has 1 spiro atoms. The van der Waals surface area contributed by atoms with Gasteiger partial charge in [-0.15, -0.1) is 0 Å². The molecular weight excluding hydrogens is 230 g/mol. The quantitative estimate of drug-likeness (QED) is 0.568. The topological polar surface area (TPSA) is 67.9 Å². The van der Waals surface area contributed by atoms with Crippen molar-refractivity contribution in [2.75, 3.05) is 0 Å². The number of allylic oxidation sites excluding steroid dienone is 3. The van der Waals surface area contributed by atoms with Crippen LogP contribution in [0.4, 0.5) is 0 Å². The highest BCUT2D eigenvalue weighted by atomic mass is 16.6. The monoisotopic (exact) mass is 247 g/mol. The number of nitrogens with zero attached hydrogens (tertiary/aromatic N) is 3. The first-order valence-electron chi connectivity index (χ1n) is 6.24. The van der Waals surface area contributed by atoms with Crippen LogP contribution >= 0.6 is 0 Å². The highest BCUT2D eigenvalue weighted by molar-refractivity contribution is 6.52. The fraction of sp³-hybridized carbons (Fsp3) is 0.538. The van der Waals surface area contributed by atoms with Gasteiger partial charge in [-0.25, -0.2) is 4.99 Å². The van der Waals surface area contributed by atoms with Gasteiger partial charge in [0.2, 0.25) is 0 Å². The minimum atomic E-state index is -0.486. The van der Waals surface area contributed by atoms with Crippen LogP contribution in [0.15, 0.2) is 34.4 Å². The van der Waals surface area contributed by atoms with Crippen LogP contribution in [0, 0.1) is 10.1 Å². The molecule has 1 heterocycles. The van der Waals surface area contributed by atoms with Crippen LogP contribution < -0.4 is 0 Å². The lowest BCUT2D eigenvalue weighted by Crippen LogP contribution is -2.25. The van der Waals surface area contributed by atoms with E-state index in [1.807, 2.05) is 13.0 Å². The maximum Gasteiger partial charge on any atom is 0.289 e. The second-order valence-electron chi connectivity index (χ2n) is 4.70. The molecule has 1 fully saturated rings. The number of aliphatic imine (C=N–C) groups is 2. The van der Waals surface area contributed by atoms with Crippen LogP contribution in [-0.4, -0.2) is 22.0 Å². The van der Waals surface area contributed by atoms with E-state index in [1.165, 1.54) is 6.42 Å².